The van der Waals surface area contributed by atoms with E-state index in [9.17, 15) is 9.18 Å². The second kappa shape index (κ2) is 6.75. The molecule has 0 spiro atoms. The second-order valence-electron chi connectivity index (χ2n) is 5.43. The van der Waals surface area contributed by atoms with Crippen LogP contribution in [-0.4, -0.2) is 47.1 Å². The molecule has 0 unspecified atom stereocenters. The molecule has 2 aromatic rings. The van der Waals surface area contributed by atoms with Crippen LogP contribution in [0.2, 0.25) is 0 Å². The highest BCUT2D eigenvalue weighted by Gasteiger charge is 2.24. The van der Waals surface area contributed by atoms with Gasteiger partial charge in [-0.15, -0.1) is 0 Å². The van der Waals surface area contributed by atoms with Crippen molar-refractivity contribution >= 4 is 11.6 Å². The molecule has 6 heteroatoms. The number of amides is 1. The zero-order chi connectivity index (χ0) is 16.2. The second-order valence-corrected chi connectivity index (χ2v) is 5.43. The summed E-state index contributed by atoms with van der Waals surface area (Å²) < 4.78 is 14.3. The topological polar surface area (TPSA) is 56.7 Å². The molecule has 23 heavy (non-hydrogen) atoms. The van der Waals surface area contributed by atoms with Crippen molar-refractivity contribution in [1.29, 1.82) is 0 Å². The lowest BCUT2D eigenvalue weighted by Gasteiger charge is -2.36. The molecule has 1 N–H and O–H groups in total. The van der Waals surface area contributed by atoms with Crippen LogP contribution in [0.4, 0.5) is 10.1 Å². The Bertz CT molecular complexity index is 685. The fourth-order valence-electron chi connectivity index (χ4n) is 2.75. The van der Waals surface area contributed by atoms with Crippen LogP contribution in [0, 0.1) is 5.82 Å². The average molecular weight is 315 g/mol. The first kappa shape index (κ1) is 15.4. The third-order valence-corrected chi connectivity index (χ3v) is 4.04. The number of piperazine rings is 1. The summed E-state index contributed by atoms with van der Waals surface area (Å²) in [6.45, 7) is 1.84. The van der Waals surface area contributed by atoms with Crippen molar-refractivity contribution in [3.63, 3.8) is 0 Å². The Kier molecular flexibility index (Phi) is 4.52. The maximum atomic E-state index is 14.3. The first-order chi connectivity index (χ1) is 11.2. The highest BCUT2D eigenvalue weighted by Crippen LogP contribution is 2.24. The summed E-state index contributed by atoms with van der Waals surface area (Å²) in [6, 6.07) is 8.48. The van der Waals surface area contributed by atoms with Gasteiger partial charge in [0.1, 0.15) is 0 Å². The van der Waals surface area contributed by atoms with Gasteiger partial charge < -0.3 is 14.9 Å². The van der Waals surface area contributed by atoms with Gasteiger partial charge in [-0.05, 0) is 18.2 Å². The van der Waals surface area contributed by atoms with Crippen LogP contribution in [-0.2, 0) is 6.61 Å². The third-order valence-electron chi connectivity index (χ3n) is 4.04. The minimum Gasteiger partial charge on any atom is -0.392 e. The number of rotatable bonds is 3. The predicted molar refractivity (Wildman–Crippen MR) is 84.7 cm³/mol. The first-order valence-corrected chi connectivity index (χ1v) is 7.53. The molecule has 1 amide bonds. The van der Waals surface area contributed by atoms with Gasteiger partial charge in [0, 0.05) is 44.1 Å². The lowest BCUT2D eigenvalue weighted by atomic mass is 10.1. The number of halogens is 1. The van der Waals surface area contributed by atoms with Crippen LogP contribution in [0.5, 0.6) is 0 Å². The Morgan fingerprint density at radius 1 is 1.17 bits per heavy atom. The molecule has 1 aromatic heterocycles. The summed E-state index contributed by atoms with van der Waals surface area (Å²) in [5, 5.41) is 9.16. The molecule has 120 valence electrons. The lowest BCUT2D eigenvalue weighted by molar-refractivity contribution is 0.0746. The number of carbonyl (C=O) groups excluding carboxylic acids is 1. The van der Waals surface area contributed by atoms with E-state index in [1.807, 2.05) is 4.90 Å². The molecule has 1 aliphatic rings. The van der Waals surface area contributed by atoms with E-state index in [1.54, 1.807) is 47.6 Å². The number of aliphatic hydroxyl groups is 1. The van der Waals surface area contributed by atoms with Gasteiger partial charge in [0.2, 0.25) is 0 Å². The maximum absolute atomic E-state index is 14.3. The van der Waals surface area contributed by atoms with Crippen molar-refractivity contribution in [2.45, 2.75) is 6.61 Å². The number of hydrogen-bond donors (Lipinski definition) is 1. The van der Waals surface area contributed by atoms with Gasteiger partial charge in [-0.25, -0.2) is 4.39 Å². The highest BCUT2D eigenvalue weighted by molar-refractivity contribution is 5.94. The zero-order valence-corrected chi connectivity index (χ0v) is 12.7. The van der Waals surface area contributed by atoms with Gasteiger partial charge in [-0.1, -0.05) is 12.1 Å². The average Bonchev–Trinajstić information content (AvgIpc) is 2.62. The maximum Gasteiger partial charge on any atom is 0.255 e. The van der Waals surface area contributed by atoms with Crippen LogP contribution < -0.4 is 4.90 Å². The molecule has 1 saturated heterocycles. The van der Waals surface area contributed by atoms with Gasteiger partial charge in [-0.3, -0.25) is 9.78 Å². The minimum atomic E-state index is -0.387. The molecule has 1 fully saturated rings. The number of carbonyl (C=O) groups is 1. The van der Waals surface area contributed by atoms with Gasteiger partial charge in [0.05, 0.1) is 17.9 Å². The molecular weight excluding hydrogens is 297 g/mol. The summed E-state index contributed by atoms with van der Waals surface area (Å²) >= 11 is 0. The summed E-state index contributed by atoms with van der Waals surface area (Å²) in [5.74, 6) is -0.440. The fraction of sp³-hybridized carbons (Fsp3) is 0.294. The number of anilines is 1. The molecule has 0 saturated carbocycles. The molecule has 5 nitrogen and oxygen atoms in total. The van der Waals surface area contributed by atoms with Crippen molar-refractivity contribution in [3.05, 3.63) is 59.7 Å². The SMILES string of the molecule is O=C(c1cccnc1)N1CCN(c2cccc(CO)c2F)CC1. The molecule has 0 bridgehead atoms. The van der Waals surface area contributed by atoms with Crippen molar-refractivity contribution in [3.8, 4) is 0 Å². The van der Waals surface area contributed by atoms with E-state index in [0.717, 1.165) is 0 Å². The molecule has 0 radical (unpaired) electrons. The number of aromatic nitrogens is 1. The van der Waals surface area contributed by atoms with Gasteiger partial charge >= 0.3 is 0 Å². The number of aliphatic hydroxyl groups excluding tert-OH is 1. The van der Waals surface area contributed by atoms with E-state index in [1.165, 1.54) is 0 Å². The fourth-order valence-corrected chi connectivity index (χ4v) is 2.75. The van der Waals surface area contributed by atoms with Crippen molar-refractivity contribution < 1.29 is 14.3 Å². The molecule has 0 aliphatic carbocycles. The summed E-state index contributed by atoms with van der Waals surface area (Å²) in [4.78, 5) is 20.0. The Morgan fingerprint density at radius 3 is 2.61 bits per heavy atom. The lowest BCUT2D eigenvalue weighted by Crippen LogP contribution is -2.49. The quantitative estimate of drug-likeness (QED) is 0.936. The highest BCUT2D eigenvalue weighted by atomic mass is 19.1. The Balaban J connectivity index is 1.68. The van der Waals surface area contributed by atoms with E-state index >= 15 is 0 Å². The van der Waals surface area contributed by atoms with Gasteiger partial charge in [0.15, 0.2) is 5.82 Å². The predicted octanol–water partition coefficient (Wildman–Crippen LogP) is 1.68. The van der Waals surface area contributed by atoms with Crippen LogP contribution in [0.1, 0.15) is 15.9 Å². The van der Waals surface area contributed by atoms with Crippen LogP contribution >= 0.6 is 0 Å². The number of pyridine rings is 1. The summed E-state index contributed by atoms with van der Waals surface area (Å²) in [7, 11) is 0. The molecule has 3 rings (SSSR count). The van der Waals surface area contributed by atoms with Crippen LogP contribution in [0.15, 0.2) is 42.7 Å². The summed E-state index contributed by atoms with van der Waals surface area (Å²) in [6.07, 6.45) is 3.19. The number of nitrogens with zero attached hydrogens (tertiary/aromatic N) is 3. The Morgan fingerprint density at radius 2 is 1.96 bits per heavy atom. The van der Waals surface area contributed by atoms with Gasteiger partial charge in [-0.2, -0.15) is 0 Å². The molecule has 2 heterocycles. The number of hydrogen-bond acceptors (Lipinski definition) is 4. The minimum absolute atomic E-state index is 0.0534. The smallest absolute Gasteiger partial charge is 0.255 e. The van der Waals surface area contributed by atoms with E-state index < -0.39 is 0 Å². The van der Waals surface area contributed by atoms with E-state index in [2.05, 4.69) is 4.98 Å². The largest absolute Gasteiger partial charge is 0.392 e. The van der Waals surface area contributed by atoms with Crippen molar-refractivity contribution in [1.82, 2.24) is 9.88 Å². The summed E-state index contributed by atoms with van der Waals surface area (Å²) in [5.41, 5.74) is 1.33. The monoisotopic (exact) mass is 315 g/mol. The van der Waals surface area contributed by atoms with Crippen molar-refractivity contribution in [2.24, 2.45) is 0 Å². The zero-order valence-electron chi connectivity index (χ0n) is 12.7. The number of benzene rings is 1. The molecular formula is C17H18FN3O2. The third kappa shape index (κ3) is 3.17. The molecule has 0 atom stereocenters. The van der Waals surface area contributed by atoms with Gasteiger partial charge in [0.25, 0.3) is 5.91 Å². The molecule has 1 aliphatic heterocycles. The normalized spacial score (nSPS) is 14.9. The standard InChI is InChI=1S/C17H18FN3O2/c18-16-14(12-22)3-1-5-15(16)20-7-9-21(10-8-20)17(23)13-4-2-6-19-11-13/h1-6,11,22H,7-10,12H2. The van der Waals surface area contributed by atoms with Crippen molar-refractivity contribution in [2.75, 3.05) is 31.1 Å². The van der Waals surface area contributed by atoms with E-state index in [-0.39, 0.29) is 23.9 Å². The van der Waals surface area contributed by atoms with Crippen LogP contribution in [0.25, 0.3) is 0 Å². The van der Waals surface area contributed by atoms with E-state index in [4.69, 9.17) is 5.11 Å². The molecule has 1 aromatic carbocycles. The first-order valence-electron chi connectivity index (χ1n) is 7.53. The van der Waals surface area contributed by atoms with Crippen LogP contribution in [0.3, 0.4) is 0 Å². The Hall–Kier alpha value is -2.47. The Labute approximate surface area is 134 Å². The van der Waals surface area contributed by atoms with E-state index in [0.29, 0.717) is 37.4 Å².